The van der Waals surface area contributed by atoms with Gasteiger partial charge in [-0.25, -0.2) is 4.98 Å². The van der Waals surface area contributed by atoms with Crippen LogP contribution in [0.2, 0.25) is 0 Å². The van der Waals surface area contributed by atoms with E-state index in [9.17, 15) is 4.79 Å². The molecule has 1 fully saturated rings. The third-order valence-corrected chi connectivity index (χ3v) is 3.96. The van der Waals surface area contributed by atoms with Crippen LogP contribution in [0.5, 0.6) is 0 Å². The van der Waals surface area contributed by atoms with E-state index in [1.807, 2.05) is 5.38 Å². The zero-order valence-electron chi connectivity index (χ0n) is 9.45. The average Bonchev–Trinajstić information content (AvgIpc) is 2.56. The largest absolute Gasteiger partial charge is 0.375 e. The van der Waals surface area contributed by atoms with Crippen molar-refractivity contribution in [2.45, 2.75) is 44.9 Å². The van der Waals surface area contributed by atoms with Crippen LogP contribution in [0.1, 0.15) is 44.2 Å². The van der Waals surface area contributed by atoms with Crippen LogP contribution in [0.15, 0.2) is 5.38 Å². The normalized spacial score (nSPS) is 18.2. The molecule has 3 nitrogen and oxygen atoms in total. The fraction of sp³-hybridized carbons (Fsp3) is 0.667. The van der Waals surface area contributed by atoms with E-state index < -0.39 is 0 Å². The summed E-state index contributed by atoms with van der Waals surface area (Å²) in [5.41, 5.74) is 6.40. The fourth-order valence-corrected chi connectivity index (χ4v) is 2.89. The molecule has 0 atom stereocenters. The third-order valence-electron chi connectivity index (χ3n) is 3.24. The molecule has 0 amide bonds. The van der Waals surface area contributed by atoms with Crippen LogP contribution in [-0.4, -0.2) is 10.8 Å². The molecule has 0 radical (unpaired) electrons. The summed E-state index contributed by atoms with van der Waals surface area (Å²) < 4.78 is 0. The molecule has 1 aromatic heterocycles. The molecule has 2 N–H and O–H groups in total. The standard InChI is InChI=1S/C12H18N2OS/c13-12-14-10(8-16-12)7-11(15)9-5-3-1-2-4-6-9/h8-9H,1-7H2,(H2,13,14). The molecule has 0 unspecified atom stereocenters. The molecular formula is C12H18N2OS. The Kier molecular flexibility index (Phi) is 3.93. The average molecular weight is 238 g/mol. The first-order valence-electron chi connectivity index (χ1n) is 5.98. The molecule has 1 heterocycles. The number of carbonyl (C=O) groups excluding carboxylic acids is 1. The smallest absolute Gasteiger partial charge is 0.180 e. The Balaban J connectivity index is 1.91. The Morgan fingerprint density at radius 1 is 1.38 bits per heavy atom. The number of thiazole rings is 1. The van der Waals surface area contributed by atoms with Gasteiger partial charge in [-0.3, -0.25) is 4.79 Å². The van der Waals surface area contributed by atoms with Gasteiger partial charge in [-0.2, -0.15) is 0 Å². The monoisotopic (exact) mass is 238 g/mol. The number of hydrogen-bond acceptors (Lipinski definition) is 4. The number of nitrogens with two attached hydrogens (primary N) is 1. The molecule has 1 aliphatic rings. The van der Waals surface area contributed by atoms with Gasteiger partial charge in [0.05, 0.1) is 5.69 Å². The number of Topliss-reactive ketones (excluding diaryl/α,β-unsaturated/α-hetero) is 1. The van der Waals surface area contributed by atoms with Crippen molar-refractivity contribution in [3.63, 3.8) is 0 Å². The lowest BCUT2D eigenvalue weighted by Crippen LogP contribution is -2.16. The second-order valence-corrected chi connectivity index (χ2v) is 5.40. The molecule has 0 aromatic carbocycles. The lowest BCUT2D eigenvalue weighted by molar-refractivity contribution is -0.122. The summed E-state index contributed by atoms with van der Waals surface area (Å²) in [5.74, 6) is 0.623. The Morgan fingerprint density at radius 3 is 2.62 bits per heavy atom. The Bertz CT molecular complexity index is 354. The van der Waals surface area contributed by atoms with E-state index >= 15 is 0 Å². The number of ketones is 1. The molecule has 2 rings (SSSR count). The molecular weight excluding hydrogens is 220 g/mol. The Hall–Kier alpha value is -0.900. The summed E-state index contributed by atoms with van der Waals surface area (Å²) in [7, 11) is 0. The minimum atomic E-state index is 0.269. The van der Waals surface area contributed by atoms with Gasteiger partial charge in [-0.15, -0.1) is 11.3 Å². The van der Waals surface area contributed by atoms with Gasteiger partial charge >= 0.3 is 0 Å². The van der Waals surface area contributed by atoms with Crippen molar-refractivity contribution in [1.29, 1.82) is 0 Å². The molecule has 0 spiro atoms. The fourth-order valence-electron chi connectivity index (χ4n) is 2.33. The zero-order valence-corrected chi connectivity index (χ0v) is 10.3. The number of anilines is 1. The first-order valence-corrected chi connectivity index (χ1v) is 6.86. The van der Waals surface area contributed by atoms with E-state index in [-0.39, 0.29) is 5.92 Å². The summed E-state index contributed by atoms with van der Waals surface area (Å²) in [6, 6.07) is 0. The molecule has 1 aliphatic carbocycles. The maximum Gasteiger partial charge on any atom is 0.180 e. The van der Waals surface area contributed by atoms with Crippen LogP contribution in [0, 0.1) is 5.92 Å². The van der Waals surface area contributed by atoms with E-state index in [2.05, 4.69) is 4.98 Å². The van der Waals surface area contributed by atoms with E-state index in [1.54, 1.807) is 0 Å². The maximum absolute atomic E-state index is 12.1. The molecule has 4 heteroatoms. The van der Waals surface area contributed by atoms with Crippen molar-refractivity contribution in [2.24, 2.45) is 5.92 Å². The van der Waals surface area contributed by atoms with E-state index in [4.69, 9.17) is 5.73 Å². The quantitative estimate of drug-likeness (QED) is 0.824. The van der Waals surface area contributed by atoms with Crippen molar-refractivity contribution in [3.05, 3.63) is 11.1 Å². The van der Waals surface area contributed by atoms with Gasteiger partial charge in [-0.05, 0) is 12.8 Å². The van der Waals surface area contributed by atoms with Crippen molar-refractivity contribution < 1.29 is 4.79 Å². The SMILES string of the molecule is Nc1nc(CC(=O)C2CCCCCC2)cs1. The highest BCUT2D eigenvalue weighted by Gasteiger charge is 2.20. The van der Waals surface area contributed by atoms with Gasteiger partial charge in [0.2, 0.25) is 0 Å². The van der Waals surface area contributed by atoms with Gasteiger partial charge in [0.1, 0.15) is 5.78 Å². The lowest BCUT2D eigenvalue weighted by atomic mass is 9.93. The first kappa shape index (κ1) is 11.6. The molecule has 0 aliphatic heterocycles. The number of nitrogen functional groups attached to an aromatic ring is 1. The maximum atomic E-state index is 12.1. The third kappa shape index (κ3) is 3.04. The van der Waals surface area contributed by atoms with Gasteiger partial charge < -0.3 is 5.73 Å². The van der Waals surface area contributed by atoms with Crippen molar-refractivity contribution in [2.75, 3.05) is 5.73 Å². The number of carbonyl (C=O) groups is 1. The van der Waals surface area contributed by atoms with E-state index in [1.165, 1.54) is 37.0 Å². The lowest BCUT2D eigenvalue weighted by Gasteiger charge is -2.11. The number of nitrogens with zero attached hydrogens (tertiary/aromatic N) is 1. The summed E-state index contributed by atoms with van der Waals surface area (Å²) in [4.78, 5) is 16.2. The van der Waals surface area contributed by atoms with Crippen LogP contribution in [0.4, 0.5) is 5.13 Å². The van der Waals surface area contributed by atoms with Crippen LogP contribution in [0.25, 0.3) is 0 Å². The molecule has 88 valence electrons. The number of hydrogen-bond donors (Lipinski definition) is 1. The summed E-state index contributed by atoms with van der Waals surface area (Å²) in [6.45, 7) is 0. The van der Waals surface area contributed by atoms with Crippen molar-refractivity contribution in [3.8, 4) is 0 Å². The second kappa shape index (κ2) is 5.43. The van der Waals surface area contributed by atoms with Gasteiger partial charge in [-0.1, -0.05) is 25.7 Å². The second-order valence-electron chi connectivity index (χ2n) is 4.51. The van der Waals surface area contributed by atoms with Crippen molar-refractivity contribution >= 4 is 22.3 Å². The molecule has 16 heavy (non-hydrogen) atoms. The summed E-state index contributed by atoms with van der Waals surface area (Å²) >= 11 is 1.41. The van der Waals surface area contributed by atoms with Crippen molar-refractivity contribution in [1.82, 2.24) is 4.98 Å². The first-order chi connectivity index (χ1) is 7.75. The van der Waals surface area contributed by atoms with Gasteiger partial charge in [0.15, 0.2) is 5.13 Å². The molecule has 0 bridgehead atoms. The number of aromatic nitrogens is 1. The highest BCUT2D eigenvalue weighted by atomic mass is 32.1. The summed E-state index contributed by atoms with van der Waals surface area (Å²) in [6.07, 6.45) is 7.58. The topological polar surface area (TPSA) is 56.0 Å². The Labute approximate surface area is 100 Å². The summed E-state index contributed by atoms with van der Waals surface area (Å²) in [5, 5.41) is 2.45. The highest BCUT2D eigenvalue weighted by molar-refractivity contribution is 7.13. The van der Waals surface area contributed by atoms with Crippen LogP contribution < -0.4 is 5.73 Å². The zero-order chi connectivity index (χ0) is 11.4. The molecule has 0 saturated heterocycles. The predicted molar refractivity (Wildman–Crippen MR) is 66.4 cm³/mol. The molecule has 1 aromatic rings. The van der Waals surface area contributed by atoms with Gasteiger partial charge in [0, 0.05) is 17.7 Å². The van der Waals surface area contributed by atoms with Crippen LogP contribution >= 0.6 is 11.3 Å². The van der Waals surface area contributed by atoms with E-state index in [0.717, 1.165) is 18.5 Å². The van der Waals surface area contributed by atoms with Gasteiger partial charge in [0.25, 0.3) is 0 Å². The number of rotatable bonds is 3. The van der Waals surface area contributed by atoms with Crippen LogP contribution in [-0.2, 0) is 11.2 Å². The van der Waals surface area contributed by atoms with E-state index in [0.29, 0.717) is 17.3 Å². The minimum Gasteiger partial charge on any atom is -0.375 e. The predicted octanol–water partition coefficient (Wildman–Crippen LogP) is 2.81. The minimum absolute atomic E-state index is 0.269. The Morgan fingerprint density at radius 2 is 2.06 bits per heavy atom. The van der Waals surface area contributed by atoms with Crippen LogP contribution in [0.3, 0.4) is 0 Å². The highest BCUT2D eigenvalue weighted by Crippen LogP contribution is 2.25. The molecule has 1 saturated carbocycles.